The van der Waals surface area contributed by atoms with E-state index in [4.69, 9.17) is 0 Å². The van der Waals surface area contributed by atoms with E-state index in [1.165, 1.54) is 16.7 Å². The molecule has 0 fully saturated rings. The van der Waals surface area contributed by atoms with Gasteiger partial charge in [-0.3, -0.25) is 4.98 Å². The van der Waals surface area contributed by atoms with E-state index < -0.39 is 0 Å². The van der Waals surface area contributed by atoms with Crippen LogP contribution < -0.4 is 5.32 Å². The Morgan fingerprint density at radius 3 is 2.47 bits per heavy atom. The van der Waals surface area contributed by atoms with Gasteiger partial charge in [0.1, 0.15) is 0 Å². The van der Waals surface area contributed by atoms with E-state index in [-0.39, 0.29) is 0 Å². The van der Waals surface area contributed by atoms with Crippen molar-refractivity contribution in [3.05, 3.63) is 65.0 Å². The van der Waals surface area contributed by atoms with Crippen LogP contribution in [0.4, 0.5) is 0 Å². The number of hydrogen-bond acceptors (Lipinski definition) is 2. The molecule has 0 saturated carbocycles. The van der Waals surface area contributed by atoms with Gasteiger partial charge < -0.3 is 5.32 Å². The normalized spacial score (nSPS) is 10.5. The molecule has 2 heteroatoms. The SMILES string of the molecule is Cc1ccccc1CNCc1ncccc1C. The number of rotatable bonds is 4. The molecule has 1 aromatic carbocycles. The smallest absolute Gasteiger partial charge is 0.0570 e. The Labute approximate surface area is 103 Å². The van der Waals surface area contributed by atoms with Gasteiger partial charge in [-0.2, -0.15) is 0 Å². The Morgan fingerprint density at radius 1 is 0.941 bits per heavy atom. The van der Waals surface area contributed by atoms with Crippen LogP contribution in [-0.2, 0) is 13.1 Å². The fraction of sp³-hybridized carbons (Fsp3) is 0.267. The predicted octanol–water partition coefficient (Wildman–Crippen LogP) is 2.99. The summed E-state index contributed by atoms with van der Waals surface area (Å²) in [6, 6.07) is 12.5. The lowest BCUT2D eigenvalue weighted by molar-refractivity contribution is 0.674. The summed E-state index contributed by atoms with van der Waals surface area (Å²) in [5, 5.41) is 3.44. The van der Waals surface area contributed by atoms with Gasteiger partial charge in [0, 0.05) is 19.3 Å². The van der Waals surface area contributed by atoms with Crippen LogP contribution in [0, 0.1) is 13.8 Å². The zero-order valence-electron chi connectivity index (χ0n) is 10.4. The van der Waals surface area contributed by atoms with E-state index in [1.807, 2.05) is 12.3 Å². The molecule has 0 aliphatic rings. The molecule has 0 aliphatic carbocycles. The highest BCUT2D eigenvalue weighted by Gasteiger charge is 1.99. The summed E-state index contributed by atoms with van der Waals surface area (Å²) in [6.45, 7) is 5.95. The van der Waals surface area contributed by atoms with Gasteiger partial charge in [-0.1, -0.05) is 30.3 Å². The molecular weight excluding hydrogens is 208 g/mol. The minimum Gasteiger partial charge on any atom is -0.307 e. The van der Waals surface area contributed by atoms with E-state index in [1.54, 1.807) is 0 Å². The average Bonchev–Trinajstić information content (AvgIpc) is 2.34. The van der Waals surface area contributed by atoms with Crippen molar-refractivity contribution in [1.29, 1.82) is 0 Å². The van der Waals surface area contributed by atoms with Gasteiger partial charge >= 0.3 is 0 Å². The third kappa shape index (κ3) is 3.14. The van der Waals surface area contributed by atoms with Crippen LogP contribution >= 0.6 is 0 Å². The first-order valence-electron chi connectivity index (χ1n) is 5.93. The van der Waals surface area contributed by atoms with Crippen molar-refractivity contribution >= 4 is 0 Å². The Morgan fingerprint density at radius 2 is 1.71 bits per heavy atom. The molecule has 2 aromatic rings. The largest absolute Gasteiger partial charge is 0.307 e. The first-order chi connectivity index (χ1) is 8.27. The lowest BCUT2D eigenvalue weighted by Crippen LogP contribution is -2.15. The maximum absolute atomic E-state index is 4.37. The molecule has 17 heavy (non-hydrogen) atoms. The second-order valence-corrected chi connectivity index (χ2v) is 4.30. The molecule has 2 nitrogen and oxygen atoms in total. The predicted molar refractivity (Wildman–Crippen MR) is 70.7 cm³/mol. The quantitative estimate of drug-likeness (QED) is 0.867. The first-order valence-corrected chi connectivity index (χ1v) is 5.93. The number of aromatic nitrogens is 1. The van der Waals surface area contributed by atoms with Crippen molar-refractivity contribution in [2.45, 2.75) is 26.9 Å². The van der Waals surface area contributed by atoms with Gasteiger partial charge in [-0.25, -0.2) is 0 Å². The third-order valence-corrected chi connectivity index (χ3v) is 2.99. The molecule has 0 aliphatic heterocycles. The fourth-order valence-electron chi connectivity index (χ4n) is 1.83. The van der Waals surface area contributed by atoms with E-state index in [9.17, 15) is 0 Å². The minimum atomic E-state index is 0.820. The van der Waals surface area contributed by atoms with Crippen molar-refractivity contribution < 1.29 is 0 Å². The summed E-state index contributed by atoms with van der Waals surface area (Å²) >= 11 is 0. The standard InChI is InChI=1S/C15H18N2/c1-12-6-3-4-8-14(12)10-16-11-15-13(2)7-5-9-17-15/h3-9,16H,10-11H2,1-2H3. The first kappa shape index (κ1) is 11.8. The summed E-state index contributed by atoms with van der Waals surface area (Å²) in [6.07, 6.45) is 1.85. The maximum atomic E-state index is 4.37. The van der Waals surface area contributed by atoms with Gasteiger partial charge in [0.15, 0.2) is 0 Å². The molecule has 0 radical (unpaired) electrons. The molecule has 2 rings (SSSR count). The van der Waals surface area contributed by atoms with Crippen molar-refractivity contribution in [2.24, 2.45) is 0 Å². The van der Waals surface area contributed by atoms with Crippen molar-refractivity contribution in [2.75, 3.05) is 0 Å². The second kappa shape index (κ2) is 5.60. The summed E-state index contributed by atoms with van der Waals surface area (Å²) in [7, 11) is 0. The van der Waals surface area contributed by atoms with Gasteiger partial charge in [-0.05, 0) is 36.6 Å². The van der Waals surface area contributed by atoms with Crippen LogP contribution in [0.2, 0.25) is 0 Å². The molecule has 0 spiro atoms. The number of aryl methyl sites for hydroxylation is 2. The molecule has 88 valence electrons. The van der Waals surface area contributed by atoms with E-state index in [2.05, 4.69) is 54.5 Å². The van der Waals surface area contributed by atoms with Crippen LogP contribution in [0.25, 0.3) is 0 Å². The van der Waals surface area contributed by atoms with Crippen LogP contribution in [0.15, 0.2) is 42.6 Å². The number of nitrogens with one attached hydrogen (secondary N) is 1. The second-order valence-electron chi connectivity index (χ2n) is 4.30. The highest BCUT2D eigenvalue weighted by atomic mass is 14.9. The molecule has 0 saturated heterocycles. The molecule has 1 aromatic heterocycles. The Bertz CT molecular complexity index is 446. The van der Waals surface area contributed by atoms with E-state index >= 15 is 0 Å². The Hall–Kier alpha value is -1.67. The van der Waals surface area contributed by atoms with Gasteiger partial charge in [0.05, 0.1) is 5.69 Å². The molecule has 0 atom stereocenters. The minimum absolute atomic E-state index is 0.820. The summed E-state index contributed by atoms with van der Waals surface area (Å²) in [4.78, 5) is 4.37. The van der Waals surface area contributed by atoms with E-state index in [0.29, 0.717) is 0 Å². The molecule has 1 heterocycles. The summed E-state index contributed by atoms with van der Waals surface area (Å²) < 4.78 is 0. The monoisotopic (exact) mass is 226 g/mol. The molecule has 0 amide bonds. The molecule has 0 bridgehead atoms. The number of hydrogen-bond donors (Lipinski definition) is 1. The molecule has 1 N–H and O–H groups in total. The van der Waals surface area contributed by atoms with Crippen LogP contribution in [0.5, 0.6) is 0 Å². The van der Waals surface area contributed by atoms with Gasteiger partial charge in [-0.15, -0.1) is 0 Å². The fourth-order valence-corrected chi connectivity index (χ4v) is 1.83. The van der Waals surface area contributed by atoms with Crippen LogP contribution in [0.3, 0.4) is 0 Å². The average molecular weight is 226 g/mol. The lowest BCUT2D eigenvalue weighted by atomic mass is 10.1. The zero-order chi connectivity index (χ0) is 12.1. The van der Waals surface area contributed by atoms with E-state index in [0.717, 1.165) is 18.8 Å². The highest BCUT2D eigenvalue weighted by Crippen LogP contribution is 2.07. The van der Waals surface area contributed by atoms with Crippen LogP contribution in [-0.4, -0.2) is 4.98 Å². The lowest BCUT2D eigenvalue weighted by Gasteiger charge is -2.08. The number of nitrogens with zero attached hydrogens (tertiary/aromatic N) is 1. The van der Waals surface area contributed by atoms with Gasteiger partial charge in [0.25, 0.3) is 0 Å². The molecule has 0 unspecified atom stereocenters. The topological polar surface area (TPSA) is 24.9 Å². The Balaban J connectivity index is 1.93. The Kier molecular flexibility index (Phi) is 3.89. The van der Waals surface area contributed by atoms with Gasteiger partial charge in [0.2, 0.25) is 0 Å². The highest BCUT2D eigenvalue weighted by molar-refractivity contribution is 5.25. The molecular formula is C15H18N2. The zero-order valence-corrected chi connectivity index (χ0v) is 10.4. The number of benzene rings is 1. The summed E-state index contributed by atoms with van der Waals surface area (Å²) in [5.74, 6) is 0. The maximum Gasteiger partial charge on any atom is 0.0570 e. The summed E-state index contributed by atoms with van der Waals surface area (Å²) in [5.41, 5.74) is 5.05. The van der Waals surface area contributed by atoms with Crippen molar-refractivity contribution in [3.8, 4) is 0 Å². The third-order valence-electron chi connectivity index (χ3n) is 2.99. The van der Waals surface area contributed by atoms with Crippen LogP contribution in [0.1, 0.15) is 22.4 Å². The van der Waals surface area contributed by atoms with Crippen molar-refractivity contribution in [3.63, 3.8) is 0 Å². The van der Waals surface area contributed by atoms with Crippen molar-refractivity contribution in [1.82, 2.24) is 10.3 Å². The number of pyridine rings is 1.